The number of para-hydroxylation sites is 1. The number of sulfonamides is 1. The van der Waals surface area contributed by atoms with E-state index in [0.29, 0.717) is 12.3 Å². The van der Waals surface area contributed by atoms with Gasteiger partial charge in [-0.1, -0.05) is 45.5 Å². The highest BCUT2D eigenvalue weighted by atomic mass is 32.2. The lowest BCUT2D eigenvalue weighted by Gasteiger charge is -2.36. The second-order valence-corrected chi connectivity index (χ2v) is 13.3. The molecule has 0 atom stereocenters. The van der Waals surface area contributed by atoms with Crippen LogP contribution in [0.5, 0.6) is 0 Å². The maximum Gasteiger partial charge on any atom is 0.256 e. The minimum Gasteiger partial charge on any atom is -0.415 e. The van der Waals surface area contributed by atoms with Gasteiger partial charge in [0.05, 0.1) is 18.8 Å². The highest BCUT2D eigenvalue weighted by Gasteiger charge is 2.37. The van der Waals surface area contributed by atoms with E-state index >= 15 is 0 Å². The Labute approximate surface area is 136 Å². The molecule has 0 bridgehead atoms. The van der Waals surface area contributed by atoms with E-state index in [1.807, 2.05) is 18.2 Å². The molecule has 1 aromatic rings. The van der Waals surface area contributed by atoms with E-state index in [2.05, 4.69) is 40.4 Å². The van der Waals surface area contributed by atoms with Crippen molar-refractivity contribution in [1.29, 1.82) is 0 Å². The molecule has 0 aliphatic carbocycles. The van der Waals surface area contributed by atoms with Crippen LogP contribution in [0.1, 0.15) is 20.8 Å². The fourth-order valence-electron chi connectivity index (χ4n) is 1.69. The van der Waals surface area contributed by atoms with Crippen LogP contribution in [-0.4, -0.2) is 29.9 Å². The van der Waals surface area contributed by atoms with Gasteiger partial charge in [-0.25, -0.2) is 8.42 Å². The summed E-state index contributed by atoms with van der Waals surface area (Å²) in [4.78, 5) is 0. The minimum atomic E-state index is -3.53. The molecule has 0 aliphatic rings. The lowest BCUT2D eigenvalue weighted by molar-refractivity contribution is 0.298. The lowest BCUT2D eigenvalue weighted by Crippen LogP contribution is -2.43. The van der Waals surface area contributed by atoms with Gasteiger partial charge in [0.1, 0.15) is 0 Å². The summed E-state index contributed by atoms with van der Waals surface area (Å²) in [5, 5.41) is 1.08. The molecule has 0 saturated heterocycles. The Balaban J connectivity index is 2.87. The van der Waals surface area contributed by atoms with Gasteiger partial charge in [-0.3, -0.25) is 4.31 Å². The monoisotopic (exact) mass is 341 g/mol. The largest absolute Gasteiger partial charge is 0.415 e. The van der Waals surface area contributed by atoms with Crippen molar-refractivity contribution in [3.63, 3.8) is 0 Å². The first kappa shape index (κ1) is 18.9. The Morgan fingerprint density at radius 1 is 1.23 bits per heavy atom. The summed E-state index contributed by atoms with van der Waals surface area (Å²) in [5.74, 6) is 0. The molecule has 1 rings (SSSR count). The summed E-state index contributed by atoms with van der Waals surface area (Å²) >= 11 is 0. The molecule has 0 amide bonds. The molecule has 0 saturated carbocycles. The number of nitrogens with zero attached hydrogens (tertiary/aromatic N) is 1. The van der Waals surface area contributed by atoms with Crippen LogP contribution in [0.25, 0.3) is 0 Å². The van der Waals surface area contributed by atoms with E-state index in [9.17, 15) is 8.42 Å². The second kappa shape index (κ2) is 6.98. The van der Waals surface area contributed by atoms with Gasteiger partial charge in [-0.15, -0.1) is 0 Å². The SMILES string of the molecule is C=CS(=O)(=O)N(CCO[Si](C)(C)C(C)(C)C)c1ccccc1. The summed E-state index contributed by atoms with van der Waals surface area (Å²) in [6.07, 6.45) is 0. The third-order valence-electron chi connectivity index (χ3n) is 4.13. The number of hydrogen-bond acceptors (Lipinski definition) is 3. The molecule has 4 nitrogen and oxygen atoms in total. The summed E-state index contributed by atoms with van der Waals surface area (Å²) in [6.45, 7) is 14.9. The van der Waals surface area contributed by atoms with Gasteiger partial charge in [0.25, 0.3) is 10.0 Å². The molecule has 0 heterocycles. The Morgan fingerprint density at radius 2 is 1.77 bits per heavy atom. The summed E-state index contributed by atoms with van der Waals surface area (Å²) in [5.41, 5.74) is 0.626. The molecular weight excluding hydrogens is 314 g/mol. The van der Waals surface area contributed by atoms with Crippen LogP contribution in [0.3, 0.4) is 0 Å². The first-order valence-corrected chi connectivity index (χ1v) is 11.8. The maximum absolute atomic E-state index is 12.2. The molecule has 22 heavy (non-hydrogen) atoms. The predicted octanol–water partition coefficient (Wildman–Crippen LogP) is 3.99. The summed E-state index contributed by atoms with van der Waals surface area (Å²) in [6, 6.07) is 9.03. The van der Waals surface area contributed by atoms with Crippen LogP contribution in [0.15, 0.2) is 42.3 Å². The highest BCUT2D eigenvalue weighted by molar-refractivity contribution is 7.95. The first-order valence-electron chi connectivity index (χ1n) is 7.35. The Kier molecular flexibility index (Phi) is 6.00. The van der Waals surface area contributed by atoms with Gasteiger partial charge in [0, 0.05) is 5.41 Å². The zero-order chi connectivity index (χ0) is 17.0. The van der Waals surface area contributed by atoms with Crippen molar-refractivity contribution >= 4 is 24.0 Å². The van der Waals surface area contributed by atoms with Gasteiger partial charge in [0.15, 0.2) is 8.32 Å². The van der Waals surface area contributed by atoms with E-state index in [1.54, 1.807) is 12.1 Å². The number of anilines is 1. The van der Waals surface area contributed by atoms with Crippen molar-refractivity contribution in [1.82, 2.24) is 0 Å². The topological polar surface area (TPSA) is 46.6 Å². The Bertz CT molecular complexity index is 592. The molecule has 1 aromatic carbocycles. The standard InChI is InChI=1S/C16H27NO3SSi/c1-7-21(18,19)17(15-11-9-8-10-12-15)13-14-20-22(5,6)16(2,3)4/h7-12H,1,13-14H2,2-6H3. The van der Waals surface area contributed by atoms with E-state index in [0.717, 1.165) is 5.41 Å². The Morgan fingerprint density at radius 3 is 2.23 bits per heavy atom. The molecule has 0 aromatic heterocycles. The summed E-state index contributed by atoms with van der Waals surface area (Å²) < 4.78 is 31.9. The normalized spacial score (nSPS) is 13.0. The van der Waals surface area contributed by atoms with Crippen molar-refractivity contribution in [3.05, 3.63) is 42.3 Å². The quantitative estimate of drug-likeness (QED) is 0.705. The van der Waals surface area contributed by atoms with Gasteiger partial charge >= 0.3 is 0 Å². The van der Waals surface area contributed by atoms with Crippen LogP contribution in [0.4, 0.5) is 5.69 Å². The van der Waals surface area contributed by atoms with Crippen molar-refractivity contribution in [3.8, 4) is 0 Å². The van der Waals surface area contributed by atoms with Gasteiger partial charge < -0.3 is 4.43 Å². The van der Waals surface area contributed by atoms with Crippen LogP contribution < -0.4 is 4.31 Å². The zero-order valence-corrected chi connectivity index (χ0v) is 16.0. The smallest absolute Gasteiger partial charge is 0.256 e. The van der Waals surface area contributed by atoms with Gasteiger partial charge in [0.2, 0.25) is 0 Å². The van der Waals surface area contributed by atoms with Crippen molar-refractivity contribution in [2.45, 2.75) is 38.9 Å². The molecule has 0 spiro atoms. The van der Waals surface area contributed by atoms with Crippen LogP contribution >= 0.6 is 0 Å². The third kappa shape index (κ3) is 4.69. The predicted molar refractivity (Wildman–Crippen MR) is 96.1 cm³/mol. The fourth-order valence-corrected chi connectivity index (χ4v) is 3.65. The summed E-state index contributed by atoms with van der Waals surface area (Å²) in [7, 11) is -5.42. The molecule has 0 unspecified atom stereocenters. The zero-order valence-electron chi connectivity index (χ0n) is 14.2. The Hall–Kier alpha value is -1.11. The fraction of sp³-hybridized carbons (Fsp3) is 0.500. The molecule has 0 radical (unpaired) electrons. The van der Waals surface area contributed by atoms with Crippen molar-refractivity contribution in [2.75, 3.05) is 17.5 Å². The van der Waals surface area contributed by atoms with E-state index in [1.165, 1.54) is 4.31 Å². The van der Waals surface area contributed by atoms with Gasteiger partial charge in [-0.05, 0) is 30.3 Å². The van der Waals surface area contributed by atoms with Crippen molar-refractivity contribution < 1.29 is 12.8 Å². The molecule has 0 fully saturated rings. The molecule has 0 aliphatic heterocycles. The average molecular weight is 342 g/mol. The molecule has 6 heteroatoms. The van der Waals surface area contributed by atoms with Crippen LogP contribution in [-0.2, 0) is 14.4 Å². The second-order valence-electron chi connectivity index (χ2n) is 6.73. The maximum atomic E-state index is 12.2. The highest BCUT2D eigenvalue weighted by Crippen LogP contribution is 2.36. The van der Waals surface area contributed by atoms with E-state index in [4.69, 9.17) is 4.43 Å². The molecule has 124 valence electrons. The number of rotatable bonds is 7. The van der Waals surface area contributed by atoms with Crippen LogP contribution in [0.2, 0.25) is 18.1 Å². The van der Waals surface area contributed by atoms with E-state index in [-0.39, 0.29) is 11.6 Å². The van der Waals surface area contributed by atoms with E-state index < -0.39 is 18.3 Å². The number of hydrogen-bond donors (Lipinski definition) is 0. The number of benzene rings is 1. The van der Waals surface area contributed by atoms with Crippen LogP contribution in [0, 0.1) is 0 Å². The minimum absolute atomic E-state index is 0.0991. The van der Waals surface area contributed by atoms with Gasteiger partial charge in [-0.2, -0.15) is 0 Å². The lowest BCUT2D eigenvalue weighted by atomic mass is 10.2. The molecule has 0 N–H and O–H groups in total. The van der Waals surface area contributed by atoms with Crippen molar-refractivity contribution in [2.24, 2.45) is 0 Å². The first-order chi connectivity index (χ1) is 10.0. The molecular formula is C16H27NO3SSi. The third-order valence-corrected chi connectivity index (χ3v) is 10.1. The average Bonchev–Trinajstić information content (AvgIpc) is 2.43.